The molecular weight excluding hydrogens is 1150 g/mol. The van der Waals surface area contributed by atoms with Gasteiger partial charge in [-0.1, -0.05) is 41.6 Å². The van der Waals surface area contributed by atoms with Crippen LogP contribution in [0.25, 0.3) is 44.7 Å². The van der Waals surface area contributed by atoms with Gasteiger partial charge in [0.25, 0.3) is 5.91 Å². The third-order valence-electron chi connectivity index (χ3n) is 14.1. The average molecular weight is 1220 g/mol. The number of rotatable bonds is 33. The molecule has 2 saturated heterocycles. The third kappa shape index (κ3) is 17.6. The number of para-hydroxylation sites is 1. The van der Waals surface area contributed by atoms with Gasteiger partial charge in [0, 0.05) is 65.2 Å². The number of aromatic nitrogens is 3. The number of phenols is 1. The summed E-state index contributed by atoms with van der Waals surface area (Å²) in [5.74, 6) is -1.24. The number of amides is 5. The second-order valence-corrected chi connectivity index (χ2v) is 20.4. The van der Waals surface area contributed by atoms with E-state index >= 15 is 0 Å². The van der Waals surface area contributed by atoms with E-state index in [9.17, 15) is 34.2 Å². The maximum absolute atomic E-state index is 13.4. The van der Waals surface area contributed by atoms with Gasteiger partial charge >= 0.3 is 18.0 Å². The second kappa shape index (κ2) is 31.8. The van der Waals surface area contributed by atoms with Crippen molar-refractivity contribution in [2.75, 3.05) is 141 Å². The highest BCUT2D eigenvalue weighted by Gasteiger charge is 2.53. The van der Waals surface area contributed by atoms with Crippen molar-refractivity contribution in [1.82, 2.24) is 30.5 Å². The van der Waals surface area contributed by atoms with Crippen LogP contribution in [-0.2, 0) is 49.2 Å². The molecule has 3 aliphatic heterocycles. The van der Waals surface area contributed by atoms with Gasteiger partial charge in [0.1, 0.15) is 28.3 Å². The summed E-state index contributed by atoms with van der Waals surface area (Å²) in [7, 11) is 0. The van der Waals surface area contributed by atoms with Gasteiger partial charge in [-0.05, 0) is 91.3 Å². The Labute approximate surface area is 506 Å². The summed E-state index contributed by atoms with van der Waals surface area (Å²) >= 11 is 5.43. The van der Waals surface area contributed by atoms with Gasteiger partial charge in [-0.3, -0.25) is 9.59 Å². The van der Waals surface area contributed by atoms with Crippen LogP contribution in [0.2, 0.25) is 0 Å². The Hall–Kier alpha value is -8.44. The number of nitrogens with zero attached hydrogens (tertiary/aromatic N) is 5. The molecule has 0 radical (unpaired) electrons. The Morgan fingerprint density at radius 2 is 1.26 bits per heavy atom. The van der Waals surface area contributed by atoms with E-state index in [4.69, 9.17) is 54.5 Å². The first-order chi connectivity index (χ1) is 42.4. The SMILES string of the molecule is O=C(O)c1cc(NC(=S)NCCOCCOCCOCCOCCOCCOCCOCCOCCn2cc(-c3cccc(NC(=O)N4CCC5(CC4)NC(=O)N(c4ccccc4)C5=O)c3)nn2)ccc1-c1c2ccc(=O)cc-2oc2cc(O)ccc12. The lowest BCUT2D eigenvalue weighted by molar-refractivity contribution is -0.123. The lowest BCUT2D eigenvalue weighted by atomic mass is 9.87. The molecule has 0 saturated carbocycles. The molecular formula is C61H69N9O16S. The number of likely N-dealkylation sites (tertiary alicyclic amines) is 1. The van der Waals surface area contributed by atoms with E-state index in [1.54, 1.807) is 64.2 Å². The fraction of sp³-hybridized carbons (Fsp3) is 0.377. The van der Waals surface area contributed by atoms with Crippen LogP contribution in [0.5, 0.6) is 5.75 Å². The van der Waals surface area contributed by atoms with Gasteiger partial charge in [-0.15, -0.1) is 5.10 Å². The fourth-order valence-electron chi connectivity index (χ4n) is 9.74. The van der Waals surface area contributed by atoms with Crippen LogP contribution >= 0.6 is 12.2 Å². The van der Waals surface area contributed by atoms with Crippen molar-refractivity contribution in [3.63, 3.8) is 0 Å². The molecule has 0 atom stereocenters. The van der Waals surface area contributed by atoms with Crippen LogP contribution in [0.1, 0.15) is 23.2 Å². The number of carbonyl (C=O) groups excluding carboxylic acids is 3. The number of hydrogen-bond donors (Lipinski definition) is 6. The molecule has 1 aromatic heterocycles. The van der Waals surface area contributed by atoms with Crippen LogP contribution in [0.15, 0.2) is 125 Å². The number of piperidine rings is 1. The maximum Gasteiger partial charge on any atom is 0.336 e. The topological polar surface area (TPSA) is 298 Å². The molecule has 4 heterocycles. The van der Waals surface area contributed by atoms with Crippen molar-refractivity contribution >= 4 is 69.3 Å². The summed E-state index contributed by atoms with van der Waals surface area (Å²) in [5.41, 5.74) is 3.44. The van der Waals surface area contributed by atoms with Crippen LogP contribution in [-0.4, -0.2) is 190 Å². The Balaban J connectivity index is 0.520. The van der Waals surface area contributed by atoms with Gasteiger partial charge in [0.2, 0.25) is 0 Å². The van der Waals surface area contributed by atoms with Gasteiger partial charge in [0.15, 0.2) is 10.5 Å². The quantitative estimate of drug-likeness (QED) is 0.0111. The molecule has 0 bridgehead atoms. The molecule has 26 heteroatoms. The molecule has 9 rings (SSSR count). The van der Waals surface area contributed by atoms with Crippen LogP contribution in [0.4, 0.5) is 26.7 Å². The first kappa shape index (κ1) is 63.1. The lowest BCUT2D eigenvalue weighted by Gasteiger charge is -2.37. The molecule has 5 amide bonds. The number of hydrogen-bond acceptors (Lipinski definition) is 18. The smallest absolute Gasteiger partial charge is 0.336 e. The number of aromatic hydroxyl groups is 1. The van der Waals surface area contributed by atoms with Crippen LogP contribution in [0, 0.1) is 0 Å². The number of ether oxygens (including phenoxy) is 8. The van der Waals surface area contributed by atoms with Crippen molar-refractivity contribution in [1.29, 1.82) is 0 Å². The highest BCUT2D eigenvalue weighted by Crippen LogP contribution is 2.42. The third-order valence-corrected chi connectivity index (χ3v) is 14.3. The minimum absolute atomic E-state index is 0.00453. The normalized spacial score (nSPS) is 13.8. The molecule has 4 aliphatic rings. The van der Waals surface area contributed by atoms with E-state index in [0.717, 1.165) is 5.56 Å². The van der Waals surface area contributed by atoms with Gasteiger partial charge in [-0.25, -0.2) is 24.0 Å². The first-order valence-corrected chi connectivity index (χ1v) is 28.9. The van der Waals surface area contributed by atoms with Crippen molar-refractivity contribution in [2.24, 2.45) is 0 Å². The zero-order chi connectivity index (χ0) is 60.8. The largest absolute Gasteiger partial charge is 0.508 e. The molecule has 2 fully saturated rings. The number of imide groups is 1. The number of urea groups is 2. The molecule has 25 nitrogen and oxygen atoms in total. The van der Waals surface area contributed by atoms with Crippen molar-refractivity contribution in [3.8, 4) is 39.5 Å². The fourth-order valence-corrected chi connectivity index (χ4v) is 9.96. The number of carboxylic acid groups (broad SMARTS) is 1. The summed E-state index contributed by atoms with van der Waals surface area (Å²) < 4.78 is 52.3. The molecule has 4 aromatic carbocycles. The molecule has 6 N–H and O–H groups in total. The summed E-state index contributed by atoms with van der Waals surface area (Å²) in [6.45, 7) is 8.04. The number of carboxylic acids is 1. The van der Waals surface area contributed by atoms with E-state index in [1.807, 2.05) is 30.5 Å². The molecule has 5 aromatic rings. The van der Waals surface area contributed by atoms with E-state index in [0.29, 0.717) is 195 Å². The van der Waals surface area contributed by atoms with Crippen molar-refractivity contribution in [3.05, 3.63) is 131 Å². The van der Waals surface area contributed by atoms with Crippen LogP contribution in [0.3, 0.4) is 0 Å². The number of thiocarbonyl (C=S) groups is 1. The summed E-state index contributed by atoms with van der Waals surface area (Å²) in [6, 6.07) is 29.1. The van der Waals surface area contributed by atoms with Gasteiger partial charge in [0.05, 0.1) is 130 Å². The highest BCUT2D eigenvalue weighted by molar-refractivity contribution is 7.80. The predicted molar refractivity (Wildman–Crippen MR) is 324 cm³/mol. The Bertz CT molecular complexity index is 3470. The minimum atomic E-state index is -1.17. The zero-order valence-electron chi connectivity index (χ0n) is 47.8. The molecule has 0 unspecified atom stereocenters. The number of aromatic carboxylic acids is 1. The standard InChI is InChI=1S/C61H69N9O16S/c71-46-10-13-49-53(39-46)86-54-40-47(72)11-14-50(54)55(49)48-12-9-44(38-51(48)56(73)74)63-58(87)62-17-21-78-23-25-80-27-29-82-31-33-84-35-36-85-34-32-83-30-28-81-26-24-79-22-20-69-41-52(66-67-69)42-5-4-6-43(37-42)64-59(76)68-18-15-61(16-19-68)57(75)70(60(77)65-61)45-7-2-1-3-8-45/h1-14,37-41,71H,15-36H2,(H,64,76)(H,65,77)(H,73,74)(H2,62,63,87). The molecule has 460 valence electrons. The monoisotopic (exact) mass is 1220 g/mol. The zero-order valence-corrected chi connectivity index (χ0v) is 48.6. The molecule has 1 spiro atoms. The Kier molecular flexibility index (Phi) is 23.1. The predicted octanol–water partition coefficient (Wildman–Crippen LogP) is 6.47. The van der Waals surface area contributed by atoms with E-state index in [1.165, 1.54) is 35.2 Å². The average Bonchev–Trinajstić information content (AvgIpc) is 2.33. The first-order valence-electron chi connectivity index (χ1n) is 28.5. The van der Waals surface area contributed by atoms with E-state index < -0.39 is 17.5 Å². The van der Waals surface area contributed by atoms with Gasteiger partial charge < -0.3 is 78.7 Å². The van der Waals surface area contributed by atoms with E-state index in [2.05, 4.69) is 31.6 Å². The van der Waals surface area contributed by atoms with E-state index in [-0.39, 0.29) is 39.6 Å². The second-order valence-electron chi connectivity index (χ2n) is 20.0. The number of nitrogens with one attached hydrogen (secondary N) is 4. The van der Waals surface area contributed by atoms with Crippen LogP contribution < -0.4 is 31.6 Å². The molecule has 87 heavy (non-hydrogen) atoms. The summed E-state index contributed by atoms with van der Waals surface area (Å²) in [5, 5.41) is 41.6. The Morgan fingerprint density at radius 3 is 1.91 bits per heavy atom. The van der Waals surface area contributed by atoms with Crippen molar-refractivity contribution < 1.29 is 71.7 Å². The summed E-state index contributed by atoms with van der Waals surface area (Å²) in [4.78, 5) is 66.9. The van der Waals surface area contributed by atoms with Gasteiger partial charge in [-0.2, -0.15) is 0 Å². The summed E-state index contributed by atoms with van der Waals surface area (Å²) in [6.07, 6.45) is 2.43. The highest BCUT2D eigenvalue weighted by atomic mass is 32.1. The van der Waals surface area contributed by atoms with Crippen molar-refractivity contribution in [2.45, 2.75) is 24.9 Å². The number of fused-ring (bicyclic) bond motifs is 2. The number of phenolic OH excluding ortho intramolecular Hbond substituents is 1. The number of anilines is 3. The maximum atomic E-state index is 13.4. The lowest BCUT2D eigenvalue weighted by Crippen LogP contribution is -2.56. The Morgan fingerprint density at radius 1 is 0.655 bits per heavy atom. The molecule has 1 aliphatic carbocycles. The number of carbonyl (C=O) groups is 4. The minimum Gasteiger partial charge on any atom is -0.508 e. The number of benzene rings is 5.